The number of aryl methyl sites for hydroxylation is 2. The van der Waals surface area contributed by atoms with Gasteiger partial charge in [0.25, 0.3) is 0 Å². The molecule has 5 heteroatoms. The Labute approximate surface area is 128 Å². The van der Waals surface area contributed by atoms with Crippen LogP contribution in [0.1, 0.15) is 24.0 Å². The predicted molar refractivity (Wildman–Crippen MR) is 83.0 cm³/mol. The first-order chi connectivity index (χ1) is 10.4. The Morgan fingerprint density at radius 3 is 2.36 bits per heavy atom. The lowest BCUT2D eigenvalue weighted by Gasteiger charge is -2.08. The van der Waals surface area contributed by atoms with E-state index < -0.39 is 5.92 Å². The molecule has 22 heavy (non-hydrogen) atoms. The van der Waals surface area contributed by atoms with Gasteiger partial charge in [-0.05, 0) is 43.2 Å². The first-order valence-electron chi connectivity index (χ1n) is 7.03. The molecule has 0 radical (unpaired) electrons. The fourth-order valence-electron chi connectivity index (χ4n) is 1.78. The lowest BCUT2D eigenvalue weighted by molar-refractivity contribution is -0.105. The van der Waals surface area contributed by atoms with E-state index in [2.05, 4.69) is 10.3 Å². The molecular formula is C17H18F2N2O. The molecule has 1 aromatic heterocycles. The second-order valence-electron chi connectivity index (χ2n) is 5.37. The van der Waals surface area contributed by atoms with Gasteiger partial charge in [0.15, 0.2) is 0 Å². The third kappa shape index (κ3) is 4.62. The van der Waals surface area contributed by atoms with E-state index in [0.29, 0.717) is 6.41 Å². The number of pyridine rings is 1. The standard InChI is InChI=1S/C14H14N2O.C3H4F2/c1-10-3-6-14(15-8-10)13-7-12(16-9-17)5-4-11(13)2;4-3(5)1-2-3/h3-9H,1-2H3,(H,16,17);1-2H2. The number of hydrogen-bond acceptors (Lipinski definition) is 2. The maximum absolute atomic E-state index is 11.1. The molecule has 0 spiro atoms. The molecule has 3 rings (SSSR count). The Hall–Kier alpha value is -2.30. The van der Waals surface area contributed by atoms with Crippen LogP contribution in [0.5, 0.6) is 0 Å². The summed E-state index contributed by atoms with van der Waals surface area (Å²) in [6.07, 6.45) is 2.76. The van der Waals surface area contributed by atoms with Gasteiger partial charge in [0, 0.05) is 30.3 Å². The Balaban J connectivity index is 0.000000299. The molecule has 0 saturated heterocycles. The molecule has 116 valence electrons. The van der Waals surface area contributed by atoms with Crippen LogP contribution in [-0.2, 0) is 4.79 Å². The molecule has 1 heterocycles. The number of rotatable bonds is 3. The van der Waals surface area contributed by atoms with E-state index in [1.165, 1.54) is 0 Å². The first-order valence-corrected chi connectivity index (χ1v) is 7.03. The molecular weight excluding hydrogens is 286 g/mol. The van der Waals surface area contributed by atoms with Gasteiger partial charge in [-0.2, -0.15) is 0 Å². The second-order valence-corrected chi connectivity index (χ2v) is 5.37. The molecule has 1 saturated carbocycles. The summed E-state index contributed by atoms with van der Waals surface area (Å²) in [7, 11) is 0. The Bertz CT molecular complexity index is 648. The number of nitrogens with zero attached hydrogens (tertiary/aromatic N) is 1. The van der Waals surface area contributed by atoms with Gasteiger partial charge in [-0.25, -0.2) is 8.78 Å². The van der Waals surface area contributed by atoms with Crippen LogP contribution in [0.15, 0.2) is 36.5 Å². The van der Waals surface area contributed by atoms with Crippen molar-refractivity contribution >= 4 is 12.1 Å². The average molecular weight is 304 g/mol. The van der Waals surface area contributed by atoms with Crippen LogP contribution in [0.4, 0.5) is 14.5 Å². The van der Waals surface area contributed by atoms with Crippen molar-refractivity contribution in [1.82, 2.24) is 4.98 Å². The van der Waals surface area contributed by atoms with Crippen molar-refractivity contribution in [2.45, 2.75) is 32.6 Å². The summed E-state index contributed by atoms with van der Waals surface area (Å²) in [6, 6.07) is 9.80. The highest BCUT2D eigenvalue weighted by Crippen LogP contribution is 2.40. The molecule has 1 aromatic carbocycles. The maximum atomic E-state index is 11.1. The van der Waals surface area contributed by atoms with Gasteiger partial charge in [-0.3, -0.25) is 9.78 Å². The lowest BCUT2D eigenvalue weighted by Crippen LogP contribution is -1.95. The number of hydrogen-bond donors (Lipinski definition) is 1. The minimum atomic E-state index is -2.25. The van der Waals surface area contributed by atoms with Crippen molar-refractivity contribution < 1.29 is 13.6 Å². The zero-order chi connectivity index (χ0) is 16.2. The summed E-state index contributed by atoms with van der Waals surface area (Å²) < 4.78 is 22.3. The monoisotopic (exact) mass is 304 g/mol. The topological polar surface area (TPSA) is 42.0 Å². The van der Waals surface area contributed by atoms with Crippen molar-refractivity contribution in [3.8, 4) is 11.3 Å². The summed E-state index contributed by atoms with van der Waals surface area (Å²) in [5, 5.41) is 2.65. The molecule has 1 fully saturated rings. The van der Waals surface area contributed by atoms with E-state index in [4.69, 9.17) is 0 Å². The number of carbonyl (C=O) groups is 1. The zero-order valence-corrected chi connectivity index (χ0v) is 12.6. The zero-order valence-electron chi connectivity index (χ0n) is 12.6. The first kappa shape index (κ1) is 16.1. The summed E-state index contributed by atoms with van der Waals surface area (Å²) in [6.45, 7) is 4.04. The highest BCUT2D eigenvalue weighted by molar-refractivity contribution is 5.76. The van der Waals surface area contributed by atoms with Crippen LogP contribution >= 0.6 is 0 Å². The molecule has 2 aromatic rings. The molecule has 0 atom stereocenters. The minimum absolute atomic E-state index is 0.118. The fourth-order valence-corrected chi connectivity index (χ4v) is 1.78. The summed E-state index contributed by atoms with van der Waals surface area (Å²) in [4.78, 5) is 14.8. The maximum Gasteiger partial charge on any atom is 0.248 e. The summed E-state index contributed by atoms with van der Waals surface area (Å²) in [5.41, 5.74) is 5.01. The molecule has 1 amide bonds. The van der Waals surface area contributed by atoms with E-state index in [0.717, 1.165) is 28.1 Å². The number of aromatic nitrogens is 1. The molecule has 1 aliphatic carbocycles. The largest absolute Gasteiger partial charge is 0.329 e. The van der Waals surface area contributed by atoms with Gasteiger partial charge in [0.2, 0.25) is 12.3 Å². The van der Waals surface area contributed by atoms with Crippen LogP contribution < -0.4 is 5.32 Å². The summed E-state index contributed by atoms with van der Waals surface area (Å²) >= 11 is 0. The number of benzene rings is 1. The minimum Gasteiger partial charge on any atom is -0.329 e. The average Bonchev–Trinajstić information content (AvgIpc) is 3.18. The SMILES string of the molecule is Cc1ccc(-c2cc(NC=O)ccc2C)nc1.FC1(F)CC1. The van der Waals surface area contributed by atoms with E-state index in [1.54, 1.807) is 0 Å². The molecule has 0 bridgehead atoms. The highest BCUT2D eigenvalue weighted by Gasteiger charge is 2.43. The number of amides is 1. The Kier molecular flexibility index (Phi) is 4.85. The van der Waals surface area contributed by atoms with Crippen molar-refractivity contribution in [1.29, 1.82) is 0 Å². The smallest absolute Gasteiger partial charge is 0.248 e. The number of halogens is 2. The van der Waals surface area contributed by atoms with Gasteiger partial charge in [0.05, 0.1) is 5.69 Å². The number of alkyl halides is 2. The normalized spacial score (nSPS) is 14.5. The van der Waals surface area contributed by atoms with Gasteiger partial charge >= 0.3 is 0 Å². The Morgan fingerprint density at radius 1 is 1.18 bits per heavy atom. The molecule has 1 aliphatic rings. The van der Waals surface area contributed by atoms with Crippen LogP contribution in [0.2, 0.25) is 0 Å². The van der Waals surface area contributed by atoms with E-state index in [1.807, 2.05) is 50.4 Å². The van der Waals surface area contributed by atoms with E-state index >= 15 is 0 Å². The van der Waals surface area contributed by atoms with E-state index in [9.17, 15) is 13.6 Å². The van der Waals surface area contributed by atoms with Crippen molar-refractivity contribution in [2.24, 2.45) is 0 Å². The highest BCUT2D eigenvalue weighted by atomic mass is 19.3. The number of nitrogens with one attached hydrogen (secondary N) is 1. The van der Waals surface area contributed by atoms with Crippen molar-refractivity contribution in [3.05, 3.63) is 47.7 Å². The second kappa shape index (κ2) is 6.64. The van der Waals surface area contributed by atoms with Crippen molar-refractivity contribution in [2.75, 3.05) is 5.32 Å². The third-order valence-electron chi connectivity index (χ3n) is 3.28. The van der Waals surface area contributed by atoms with Crippen LogP contribution in [0.3, 0.4) is 0 Å². The third-order valence-corrected chi connectivity index (χ3v) is 3.28. The van der Waals surface area contributed by atoms with Crippen molar-refractivity contribution in [3.63, 3.8) is 0 Å². The number of carbonyl (C=O) groups excluding carboxylic acids is 1. The lowest BCUT2D eigenvalue weighted by atomic mass is 10.0. The van der Waals surface area contributed by atoms with Gasteiger partial charge in [-0.15, -0.1) is 0 Å². The Morgan fingerprint density at radius 2 is 1.86 bits per heavy atom. The molecule has 3 nitrogen and oxygen atoms in total. The van der Waals surface area contributed by atoms with Crippen LogP contribution in [0, 0.1) is 13.8 Å². The van der Waals surface area contributed by atoms with Gasteiger partial charge < -0.3 is 5.32 Å². The molecule has 1 N–H and O–H groups in total. The van der Waals surface area contributed by atoms with Gasteiger partial charge in [0.1, 0.15) is 0 Å². The number of anilines is 1. The predicted octanol–water partition coefficient (Wildman–Crippen LogP) is 4.35. The molecule has 0 unspecified atom stereocenters. The van der Waals surface area contributed by atoms with Crippen LogP contribution in [0.25, 0.3) is 11.3 Å². The fraction of sp³-hybridized carbons (Fsp3) is 0.294. The quantitative estimate of drug-likeness (QED) is 0.857. The van der Waals surface area contributed by atoms with Crippen LogP contribution in [-0.4, -0.2) is 17.3 Å². The summed E-state index contributed by atoms with van der Waals surface area (Å²) in [5.74, 6) is -2.25. The van der Waals surface area contributed by atoms with E-state index in [-0.39, 0.29) is 12.8 Å². The molecule has 0 aliphatic heterocycles. The van der Waals surface area contributed by atoms with Gasteiger partial charge in [-0.1, -0.05) is 12.1 Å².